The van der Waals surface area contributed by atoms with E-state index in [1.807, 2.05) is 4.40 Å². The van der Waals surface area contributed by atoms with Crippen LogP contribution in [-0.2, 0) is 0 Å². The van der Waals surface area contributed by atoms with Crippen LogP contribution in [0.2, 0.25) is 0 Å². The average molecular weight is 206 g/mol. The Bertz CT molecular complexity index is 489. The Morgan fingerprint density at radius 2 is 2.07 bits per heavy atom. The number of nitrogens with two attached hydrogens (primary N) is 1. The van der Waals surface area contributed by atoms with Gasteiger partial charge in [-0.3, -0.25) is 4.40 Å². The summed E-state index contributed by atoms with van der Waals surface area (Å²) < 4.78 is 7.02. The maximum Gasteiger partial charge on any atom is 0.204 e. The minimum atomic E-state index is 0.273. The van der Waals surface area contributed by atoms with Crippen molar-refractivity contribution in [3.63, 3.8) is 0 Å². The zero-order valence-corrected chi connectivity index (χ0v) is 9.06. The molecule has 80 valence electrons. The van der Waals surface area contributed by atoms with Gasteiger partial charge in [0, 0.05) is 5.92 Å². The molecular formula is C10H14N4O. The second-order valence-corrected chi connectivity index (χ2v) is 3.70. The summed E-state index contributed by atoms with van der Waals surface area (Å²) >= 11 is 0. The van der Waals surface area contributed by atoms with Crippen LogP contribution in [0.3, 0.4) is 0 Å². The van der Waals surface area contributed by atoms with Crippen molar-refractivity contribution in [1.82, 2.24) is 14.6 Å². The molecule has 15 heavy (non-hydrogen) atoms. The molecular weight excluding hydrogens is 192 g/mol. The third-order valence-corrected chi connectivity index (χ3v) is 2.31. The Kier molecular flexibility index (Phi) is 2.22. The number of pyridine rings is 1. The quantitative estimate of drug-likeness (QED) is 0.807. The summed E-state index contributed by atoms with van der Waals surface area (Å²) in [5.41, 5.74) is 6.56. The third-order valence-electron chi connectivity index (χ3n) is 2.31. The number of anilines is 1. The van der Waals surface area contributed by atoms with E-state index in [4.69, 9.17) is 10.5 Å². The summed E-state index contributed by atoms with van der Waals surface area (Å²) in [6, 6.07) is 3.59. The smallest absolute Gasteiger partial charge is 0.204 e. The number of nitrogen functional groups attached to an aromatic ring is 1. The topological polar surface area (TPSA) is 65.4 Å². The molecule has 0 aromatic carbocycles. The van der Waals surface area contributed by atoms with E-state index in [0.29, 0.717) is 17.2 Å². The van der Waals surface area contributed by atoms with Gasteiger partial charge in [0.2, 0.25) is 5.65 Å². The van der Waals surface area contributed by atoms with Gasteiger partial charge >= 0.3 is 0 Å². The Morgan fingerprint density at radius 1 is 1.33 bits per heavy atom. The lowest BCUT2D eigenvalue weighted by molar-refractivity contribution is 0.417. The summed E-state index contributed by atoms with van der Waals surface area (Å²) in [5.74, 6) is 2.43. The van der Waals surface area contributed by atoms with Crippen LogP contribution in [0.25, 0.3) is 5.65 Å². The SMILES string of the molecule is COc1ccc(N)n2c(C(C)C)nnc12. The molecule has 2 aromatic rings. The average Bonchev–Trinajstić information content (AvgIpc) is 2.63. The third kappa shape index (κ3) is 1.40. The van der Waals surface area contributed by atoms with Gasteiger partial charge in [-0.05, 0) is 12.1 Å². The van der Waals surface area contributed by atoms with Crippen molar-refractivity contribution in [2.24, 2.45) is 0 Å². The van der Waals surface area contributed by atoms with Gasteiger partial charge in [0.25, 0.3) is 0 Å². The lowest BCUT2D eigenvalue weighted by atomic mass is 10.2. The van der Waals surface area contributed by atoms with Gasteiger partial charge in [-0.2, -0.15) is 0 Å². The molecule has 0 aliphatic heterocycles. The summed E-state index contributed by atoms with van der Waals surface area (Å²) in [4.78, 5) is 0. The number of aromatic nitrogens is 3. The molecule has 5 heteroatoms. The monoisotopic (exact) mass is 206 g/mol. The van der Waals surface area contributed by atoms with E-state index >= 15 is 0 Å². The first-order chi connectivity index (χ1) is 7.15. The maximum atomic E-state index is 5.89. The van der Waals surface area contributed by atoms with Crippen molar-refractivity contribution in [2.45, 2.75) is 19.8 Å². The summed E-state index contributed by atoms with van der Waals surface area (Å²) in [5, 5.41) is 8.20. The van der Waals surface area contributed by atoms with Gasteiger partial charge in [0.05, 0.1) is 7.11 Å². The summed E-state index contributed by atoms with van der Waals surface area (Å²) in [6.45, 7) is 4.10. The maximum absolute atomic E-state index is 5.89. The predicted molar refractivity (Wildman–Crippen MR) is 58.0 cm³/mol. The van der Waals surface area contributed by atoms with Crippen LogP contribution in [-0.4, -0.2) is 21.7 Å². The number of rotatable bonds is 2. The van der Waals surface area contributed by atoms with Crippen LogP contribution >= 0.6 is 0 Å². The van der Waals surface area contributed by atoms with Crippen molar-refractivity contribution in [2.75, 3.05) is 12.8 Å². The fraction of sp³-hybridized carbons (Fsp3) is 0.400. The van der Waals surface area contributed by atoms with Gasteiger partial charge in [-0.15, -0.1) is 10.2 Å². The van der Waals surface area contributed by atoms with Crippen LogP contribution < -0.4 is 10.5 Å². The molecule has 2 heterocycles. The van der Waals surface area contributed by atoms with E-state index in [-0.39, 0.29) is 5.92 Å². The van der Waals surface area contributed by atoms with E-state index in [1.165, 1.54) is 0 Å². The van der Waals surface area contributed by atoms with E-state index in [2.05, 4.69) is 24.0 Å². The van der Waals surface area contributed by atoms with Gasteiger partial charge in [0.1, 0.15) is 11.6 Å². The molecule has 0 atom stereocenters. The zero-order valence-electron chi connectivity index (χ0n) is 9.06. The number of nitrogens with zero attached hydrogens (tertiary/aromatic N) is 3. The largest absolute Gasteiger partial charge is 0.493 e. The highest BCUT2D eigenvalue weighted by Gasteiger charge is 2.14. The van der Waals surface area contributed by atoms with Gasteiger partial charge in [0.15, 0.2) is 5.75 Å². The molecule has 0 fully saturated rings. The normalized spacial score (nSPS) is 11.2. The highest BCUT2D eigenvalue weighted by molar-refractivity contribution is 5.59. The first-order valence-electron chi connectivity index (χ1n) is 4.82. The van der Waals surface area contributed by atoms with E-state index in [9.17, 15) is 0 Å². The second-order valence-electron chi connectivity index (χ2n) is 3.70. The van der Waals surface area contributed by atoms with Crippen LogP contribution in [0.15, 0.2) is 12.1 Å². The van der Waals surface area contributed by atoms with Crippen molar-refractivity contribution in [3.05, 3.63) is 18.0 Å². The van der Waals surface area contributed by atoms with Crippen molar-refractivity contribution >= 4 is 11.5 Å². The second kappa shape index (κ2) is 3.42. The molecule has 0 bridgehead atoms. The molecule has 0 unspecified atom stereocenters. The molecule has 2 N–H and O–H groups in total. The lowest BCUT2D eigenvalue weighted by Gasteiger charge is -2.07. The highest BCUT2D eigenvalue weighted by atomic mass is 16.5. The van der Waals surface area contributed by atoms with Crippen LogP contribution in [0, 0.1) is 0 Å². The molecule has 0 saturated heterocycles. The first-order valence-corrected chi connectivity index (χ1v) is 4.82. The molecule has 0 saturated carbocycles. The van der Waals surface area contributed by atoms with Gasteiger partial charge in [-0.25, -0.2) is 0 Å². The molecule has 0 radical (unpaired) electrons. The number of methoxy groups -OCH3 is 1. The van der Waals surface area contributed by atoms with Crippen LogP contribution in [0.4, 0.5) is 5.82 Å². The Hall–Kier alpha value is -1.78. The fourth-order valence-electron chi connectivity index (χ4n) is 1.55. The van der Waals surface area contributed by atoms with E-state index in [1.54, 1.807) is 19.2 Å². The predicted octanol–water partition coefficient (Wildman–Crippen LogP) is 1.44. The van der Waals surface area contributed by atoms with Gasteiger partial charge < -0.3 is 10.5 Å². The Morgan fingerprint density at radius 3 is 2.67 bits per heavy atom. The Labute approximate surface area is 87.9 Å². The number of ether oxygens (including phenoxy) is 1. The zero-order chi connectivity index (χ0) is 11.0. The lowest BCUT2D eigenvalue weighted by Crippen LogP contribution is -2.03. The number of hydrogen-bond acceptors (Lipinski definition) is 4. The molecule has 0 aliphatic carbocycles. The van der Waals surface area contributed by atoms with Crippen LogP contribution in [0.5, 0.6) is 5.75 Å². The minimum Gasteiger partial charge on any atom is -0.493 e. The van der Waals surface area contributed by atoms with Crippen molar-refractivity contribution in [1.29, 1.82) is 0 Å². The van der Waals surface area contributed by atoms with E-state index in [0.717, 1.165) is 5.82 Å². The first kappa shape index (κ1) is 9.76. The van der Waals surface area contributed by atoms with Crippen LogP contribution in [0.1, 0.15) is 25.6 Å². The summed E-state index contributed by atoms with van der Waals surface area (Å²) in [6.07, 6.45) is 0. The standard InChI is InChI=1S/C10H14N4O/c1-6(2)9-12-13-10-7(15-3)4-5-8(11)14(9)10/h4-6H,11H2,1-3H3. The number of hydrogen-bond donors (Lipinski definition) is 1. The fourth-order valence-corrected chi connectivity index (χ4v) is 1.55. The van der Waals surface area contributed by atoms with Crippen molar-refractivity contribution < 1.29 is 4.74 Å². The van der Waals surface area contributed by atoms with Gasteiger partial charge in [-0.1, -0.05) is 13.8 Å². The highest BCUT2D eigenvalue weighted by Crippen LogP contribution is 2.24. The molecule has 0 amide bonds. The molecule has 0 spiro atoms. The van der Waals surface area contributed by atoms with E-state index < -0.39 is 0 Å². The molecule has 2 rings (SSSR count). The van der Waals surface area contributed by atoms with Crippen molar-refractivity contribution in [3.8, 4) is 5.75 Å². The summed E-state index contributed by atoms with van der Waals surface area (Å²) in [7, 11) is 1.61. The molecule has 2 aromatic heterocycles. The Balaban J connectivity index is 2.79. The minimum absolute atomic E-state index is 0.273. The number of fused-ring (bicyclic) bond motifs is 1. The molecule has 5 nitrogen and oxygen atoms in total. The molecule has 0 aliphatic rings.